The normalized spacial score (nSPS) is 17.2. The van der Waals surface area contributed by atoms with Crippen LogP contribution in [0, 0.1) is 11.8 Å². The summed E-state index contributed by atoms with van der Waals surface area (Å²) in [4.78, 5) is 36.2. The lowest BCUT2D eigenvalue weighted by atomic mass is 10.1. The van der Waals surface area contributed by atoms with Crippen molar-refractivity contribution in [3.05, 3.63) is 59.7 Å². The van der Waals surface area contributed by atoms with Gasteiger partial charge in [-0.15, -0.1) is 0 Å². The highest BCUT2D eigenvalue weighted by Gasteiger charge is 2.47. The molecule has 2 atom stereocenters. The van der Waals surface area contributed by atoms with Gasteiger partial charge in [0, 0.05) is 12.2 Å². The molecular formula is C22H24N2O5. The Morgan fingerprint density at radius 2 is 1.72 bits per heavy atom. The molecule has 152 valence electrons. The molecule has 1 saturated carbocycles. The fourth-order valence-corrected chi connectivity index (χ4v) is 3.10. The molecule has 2 amide bonds. The first-order chi connectivity index (χ1) is 14.0. The van der Waals surface area contributed by atoms with Crippen LogP contribution in [0.2, 0.25) is 0 Å². The van der Waals surface area contributed by atoms with Gasteiger partial charge in [0.25, 0.3) is 0 Å². The first-order valence-electron chi connectivity index (χ1n) is 9.41. The summed E-state index contributed by atoms with van der Waals surface area (Å²) in [5, 5.41) is 5.65. The number of ether oxygens (including phenoxy) is 2. The Bertz CT molecular complexity index is 894. The first-order valence-corrected chi connectivity index (χ1v) is 9.41. The monoisotopic (exact) mass is 396 g/mol. The van der Waals surface area contributed by atoms with E-state index in [1.54, 1.807) is 31.4 Å². The molecule has 2 aromatic carbocycles. The van der Waals surface area contributed by atoms with Gasteiger partial charge in [0.15, 0.2) is 0 Å². The lowest BCUT2D eigenvalue weighted by molar-refractivity contribution is -0.125. The number of anilines is 1. The number of benzene rings is 2. The minimum atomic E-state index is -0.471. The second-order valence-electron chi connectivity index (χ2n) is 6.90. The number of rotatable bonds is 8. The molecule has 1 fully saturated rings. The average molecular weight is 396 g/mol. The van der Waals surface area contributed by atoms with Crippen LogP contribution in [-0.2, 0) is 20.7 Å². The fourth-order valence-electron chi connectivity index (χ4n) is 3.10. The Balaban J connectivity index is 1.44. The van der Waals surface area contributed by atoms with Gasteiger partial charge < -0.3 is 20.1 Å². The third-order valence-electron chi connectivity index (χ3n) is 4.89. The lowest BCUT2D eigenvalue weighted by Crippen LogP contribution is -2.29. The van der Waals surface area contributed by atoms with Crippen molar-refractivity contribution < 1.29 is 23.9 Å². The van der Waals surface area contributed by atoms with E-state index >= 15 is 0 Å². The zero-order chi connectivity index (χ0) is 20.8. The van der Waals surface area contributed by atoms with E-state index in [0.29, 0.717) is 30.6 Å². The molecule has 3 rings (SSSR count). The molecule has 0 spiro atoms. The third-order valence-corrected chi connectivity index (χ3v) is 4.89. The molecular weight excluding hydrogens is 372 g/mol. The second kappa shape index (κ2) is 9.23. The van der Waals surface area contributed by atoms with Gasteiger partial charge in [-0.2, -0.15) is 0 Å². The maximum absolute atomic E-state index is 12.4. The number of hydrogen-bond donors (Lipinski definition) is 2. The van der Waals surface area contributed by atoms with E-state index in [1.165, 1.54) is 7.11 Å². The van der Waals surface area contributed by atoms with Gasteiger partial charge in [-0.25, -0.2) is 4.79 Å². The highest BCUT2D eigenvalue weighted by atomic mass is 16.5. The zero-order valence-electron chi connectivity index (χ0n) is 16.4. The van der Waals surface area contributed by atoms with Crippen molar-refractivity contribution >= 4 is 23.5 Å². The predicted octanol–water partition coefficient (Wildman–Crippen LogP) is 2.42. The van der Waals surface area contributed by atoms with Crippen molar-refractivity contribution in [2.24, 2.45) is 11.8 Å². The Labute approximate surface area is 169 Å². The van der Waals surface area contributed by atoms with E-state index < -0.39 is 5.97 Å². The minimum Gasteiger partial charge on any atom is -0.497 e. The number of esters is 1. The molecule has 7 nitrogen and oxygen atoms in total. The molecule has 0 heterocycles. The van der Waals surface area contributed by atoms with Crippen molar-refractivity contribution in [1.82, 2.24) is 5.32 Å². The highest BCUT2D eigenvalue weighted by Crippen LogP contribution is 2.39. The number of hydrogen-bond acceptors (Lipinski definition) is 5. The fraction of sp³-hybridized carbons (Fsp3) is 0.318. The topological polar surface area (TPSA) is 93.7 Å². The van der Waals surface area contributed by atoms with Crippen molar-refractivity contribution in [3.63, 3.8) is 0 Å². The molecule has 2 N–H and O–H groups in total. The van der Waals surface area contributed by atoms with Crippen LogP contribution in [0.25, 0.3) is 0 Å². The highest BCUT2D eigenvalue weighted by molar-refractivity contribution is 6.00. The standard InChI is InChI=1S/C22H24N2O5/c1-28-17-8-6-14(7-9-17)10-11-23-20(25)18-13-19(18)21(26)24-16-5-3-4-15(12-16)22(27)29-2/h3-9,12,18-19H,10-11,13H2,1-2H3,(H,23,25)(H,24,26). The Hall–Kier alpha value is -3.35. The minimum absolute atomic E-state index is 0.109. The average Bonchev–Trinajstić information content (AvgIpc) is 3.55. The number of amides is 2. The molecule has 2 unspecified atom stereocenters. The first kappa shape index (κ1) is 20.4. The SMILES string of the molecule is COC(=O)c1cccc(NC(=O)C2CC2C(=O)NCCc2ccc(OC)cc2)c1. The van der Waals surface area contributed by atoms with E-state index in [9.17, 15) is 14.4 Å². The molecule has 1 aliphatic rings. The number of nitrogens with one attached hydrogen (secondary N) is 2. The Kier molecular flexibility index (Phi) is 6.49. The van der Waals surface area contributed by atoms with Gasteiger partial charge >= 0.3 is 5.97 Å². The number of carbonyl (C=O) groups is 3. The number of methoxy groups -OCH3 is 2. The maximum atomic E-state index is 12.4. The zero-order valence-corrected chi connectivity index (χ0v) is 16.4. The van der Waals surface area contributed by atoms with E-state index in [4.69, 9.17) is 4.74 Å². The Morgan fingerprint density at radius 3 is 2.41 bits per heavy atom. The van der Waals surface area contributed by atoms with Crippen molar-refractivity contribution in [2.75, 3.05) is 26.1 Å². The molecule has 2 aromatic rings. The molecule has 29 heavy (non-hydrogen) atoms. The molecule has 0 aliphatic heterocycles. The van der Waals surface area contributed by atoms with Crippen LogP contribution < -0.4 is 15.4 Å². The molecule has 1 aliphatic carbocycles. The van der Waals surface area contributed by atoms with Crippen LogP contribution in [0.4, 0.5) is 5.69 Å². The summed E-state index contributed by atoms with van der Waals surface area (Å²) in [5.74, 6) is -0.667. The molecule has 0 radical (unpaired) electrons. The van der Waals surface area contributed by atoms with Gasteiger partial charge in [-0.05, 0) is 48.7 Å². The van der Waals surface area contributed by atoms with Gasteiger partial charge in [0.1, 0.15) is 5.75 Å². The molecule has 7 heteroatoms. The van der Waals surface area contributed by atoms with Gasteiger partial charge in [0.05, 0.1) is 31.6 Å². The van der Waals surface area contributed by atoms with Crippen LogP contribution in [0.15, 0.2) is 48.5 Å². The number of carbonyl (C=O) groups excluding carboxylic acids is 3. The largest absolute Gasteiger partial charge is 0.497 e. The van der Waals surface area contributed by atoms with Gasteiger partial charge in [-0.1, -0.05) is 18.2 Å². The van der Waals surface area contributed by atoms with E-state index in [0.717, 1.165) is 11.3 Å². The van der Waals surface area contributed by atoms with Crippen LogP contribution in [0.5, 0.6) is 5.75 Å². The van der Waals surface area contributed by atoms with Crippen molar-refractivity contribution in [3.8, 4) is 5.75 Å². The summed E-state index contributed by atoms with van der Waals surface area (Å²) in [6.45, 7) is 0.511. The quantitative estimate of drug-likeness (QED) is 0.669. The Morgan fingerprint density at radius 1 is 1.00 bits per heavy atom. The predicted molar refractivity (Wildman–Crippen MR) is 108 cm³/mol. The molecule has 0 saturated heterocycles. The summed E-state index contributed by atoms with van der Waals surface area (Å²) in [6, 6.07) is 14.2. The maximum Gasteiger partial charge on any atom is 0.337 e. The molecule has 0 bridgehead atoms. The summed E-state index contributed by atoms with van der Waals surface area (Å²) < 4.78 is 9.80. The third kappa shape index (κ3) is 5.34. The van der Waals surface area contributed by atoms with Crippen molar-refractivity contribution in [2.45, 2.75) is 12.8 Å². The smallest absolute Gasteiger partial charge is 0.337 e. The lowest BCUT2D eigenvalue weighted by Gasteiger charge is -2.08. The van der Waals surface area contributed by atoms with E-state index in [2.05, 4.69) is 15.4 Å². The van der Waals surface area contributed by atoms with Crippen LogP contribution in [0.1, 0.15) is 22.3 Å². The van der Waals surface area contributed by atoms with Gasteiger partial charge in [0.2, 0.25) is 11.8 Å². The van der Waals surface area contributed by atoms with E-state index in [1.807, 2.05) is 24.3 Å². The second-order valence-corrected chi connectivity index (χ2v) is 6.90. The molecule has 0 aromatic heterocycles. The summed E-state index contributed by atoms with van der Waals surface area (Å²) in [7, 11) is 2.92. The summed E-state index contributed by atoms with van der Waals surface area (Å²) in [5.41, 5.74) is 1.96. The summed E-state index contributed by atoms with van der Waals surface area (Å²) in [6.07, 6.45) is 1.23. The van der Waals surface area contributed by atoms with E-state index in [-0.39, 0.29) is 23.7 Å². The van der Waals surface area contributed by atoms with Crippen LogP contribution in [-0.4, -0.2) is 38.5 Å². The van der Waals surface area contributed by atoms with Crippen LogP contribution >= 0.6 is 0 Å². The van der Waals surface area contributed by atoms with Crippen LogP contribution in [0.3, 0.4) is 0 Å². The summed E-state index contributed by atoms with van der Waals surface area (Å²) >= 11 is 0. The van der Waals surface area contributed by atoms with Crippen molar-refractivity contribution in [1.29, 1.82) is 0 Å². The van der Waals surface area contributed by atoms with Gasteiger partial charge in [-0.3, -0.25) is 9.59 Å².